The monoisotopic (exact) mass is 630 g/mol. The van der Waals surface area contributed by atoms with Crippen LogP contribution in [0.25, 0.3) is 0 Å². The van der Waals surface area contributed by atoms with Crippen LogP contribution in [0.3, 0.4) is 0 Å². The second kappa shape index (κ2) is 15.8. The van der Waals surface area contributed by atoms with Crippen molar-refractivity contribution in [2.24, 2.45) is 40.5 Å². The van der Waals surface area contributed by atoms with Gasteiger partial charge in [-0.05, 0) is 50.6 Å². The number of nitriles is 1. The highest BCUT2D eigenvalue weighted by molar-refractivity contribution is 6.40. The lowest BCUT2D eigenvalue weighted by Gasteiger charge is -2.32. The van der Waals surface area contributed by atoms with E-state index in [1.165, 1.54) is 13.2 Å². The first-order chi connectivity index (χ1) is 19.2. The molecular weight excluding hydrogens is 597 g/mol. The van der Waals surface area contributed by atoms with Crippen molar-refractivity contribution in [1.82, 2.24) is 5.32 Å². The molecule has 0 amide bonds. The first-order valence-electron chi connectivity index (χ1n) is 13.1. The molecular formula is C27H34Cl2F6N4O2. The highest BCUT2D eigenvalue weighted by Crippen LogP contribution is 2.44. The standard InChI is InChI=1S/C27H34Cl2F6N4O2/c1-3-17(24(37)6-8-36)14-38-9-7-21(18-4-5-22(28)23(29)12-18)25(39-40-2)41-15-16-10-19(26(30,31)32)13-20(11-16)27(33,34)35/h4-6,10,16-18,20-21,38H,3,7,9,11-15,37H2,1-2H3/b24-6-,39-25-. The lowest BCUT2D eigenvalue weighted by molar-refractivity contribution is -0.185. The third-order valence-electron chi connectivity index (χ3n) is 7.16. The zero-order valence-electron chi connectivity index (χ0n) is 22.7. The van der Waals surface area contributed by atoms with E-state index in [1.54, 1.807) is 12.2 Å². The quantitative estimate of drug-likeness (QED) is 0.0449. The minimum Gasteiger partial charge on any atom is -0.478 e. The summed E-state index contributed by atoms with van der Waals surface area (Å²) in [4.78, 5) is 4.95. The molecule has 0 radical (unpaired) electrons. The Morgan fingerprint density at radius 1 is 1.27 bits per heavy atom. The minimum absolute atomic E-state index is 0.0264. The van der Waals surface area contributed by atoms with E-state index in [0.717, 1.165) is 6.08 Å². The van der Waals surface area contributed by atoms with Crippen LogP contribution < -0.4 is 11.1 Å². The van der Waals surface area contributed by atoms with Crippen molar-refractivity contribution in [3.63, 3.8) is 0 Å². The SMILES string of the molecule is CCC(CNCCC(/C(=N/OC)OCC1C=C(C(F)(F)F)CC(C(F)(F)F)C1)C1C=CC(Cl)=C(Cl)C1)/C(N)=C/C#N. The number of halogens is 8. The molecule has 0 aliphatic heterocycles. The molecule has 5 atom stereocenters. The second-order valence-electron chi connectivity index (χ2n) is 10.0. The fourth-order valence-electron chi connectivity index (χ4n) is 4.89. The molecule has 0 saturated heterocycles. The van der Waals surface area contributed by atoms with E-state index >= 15 is 0 Å². The topological polar surface area (TPSA) is 92.7 Å². The fraction of sp³-hybridized carbons (Fsp3) is 0.630. The summed E-state index contributed by atoms with van der Waals surface area (Å²) >= 11 is 12.4. The van der Waals surface area contributed by atoms with Gasteiger partial charge in [-0.25, -0.2) is 0 Å². The van der Waals surface area contributed by atoms with Gasteiger partial charge in [0.25, 0.3) is 0 Å². The number of nitrogens with two attached hydrogens (primary N) is 1. The first-order valence-corrected chi connectivity index (χ1v) is 13.8. The number of nitrogens with zero attached hydrogens (tertiary/aromatic N) is 2. The fourth-order valence-corrected chi connectivity index (χ4v) is 5.28. The Kier molecular flexibility index (Phi) is 13.4. The summed E-state index contributed by atoms with van der Waals surface area (Å²) in [6, 6.07) is 1.91. The molecule has 5 unspecified atom stereocenters. The molecule has 0 bridgehead atoms. The Labute approximate surface area is 245 Å². The lowest BCUT2D eigenvalue weighted by atomic mass is 9.81. The summed E-state index contributed by atoms with van der Waals surface area (Å²) in [6.07, 6.45) is -4.39. The van der Waals surface area contributed by atoms with Gasteiger partial charge in [0.05, 0.1) is 23.6 Å². The van der Waals surface area contributed by atoms with Gasteiger partial charge in [-0.3, -0.25) is 0 Å². The van der Waals surface area contributed by atoms with Crippen LogP contribution in [-0.2, 0) is 9.57 Å². The van der Waals surface area contributed by atoms with Gasteiger partial charge in [-0.1, -0.05) is 47.4 Å². The van der Waals surface area contributed by atoms with Gasteiger partial charge in [0.2, 0.25) is 5.90 Å². The number of oxime groups is 1. The summed E-state index contributed by atoms with van der Waals surface area (Å²) in [6.45, 7) is 2.38. The van der Waals surface area contributed by atoms with Crippen molar-refractivity contribution in [3.05, 3.63) is 45.6 Å². The third-order valence-corrected chi connectivity index (χ3v) is 7.97. The van der Waals surface area contributed by atoms with Gasteiger partial charge < -0.3 is 20.6 Å². The molecule has 41 heavy (non-hydrogen) atoms. The maximum absolute atomic E-state index is 13.4. The molecule has 230 valence electrons. The molecule has 0 aromatic rings. The zero-order valence-corrected chi connectivity index (χ0v) is 24.2. The molecule has 14 heteroatoms. The van der Waals surface area contributed by atoms with E-state index in [1.807, 2.05) is 13.0 Å². The van der Waals surface area contributed by atoms with Crippen molar-refractivity contribution in [2.45, 2.75) is 51.4 Å². The maximum Gasteiger partial charge on any atom is 0.412 e. The molecule has 0 aromatic carbocycles. The number of ether oxygens (including phenoxy) is 1. The van der Waals surface area contributed by atoms with Crippen molar-refractivity contribution in [1.29, 1.82) is 5.26 Å². The second-order valence-corrected chi connectivity index (χ2v) is 10.9. The Hall–Kier alpha value is -2.36. The van der Waals surface area contributed by atoms with E-state index in [-0.39, 0.29) is 17.7 Å². The number of hydrogen-bond donors (Lipinski definition) is 2. The average Bonchev–Trinajstić information content (AvgIpc) is 2.89. The van der Waals surface area contributed by atoms with Crippen molar-refractivity contribution >= 4 is 29.1 Å². The maximum atomic E-state index is 13.4. The zero-order chi connectivity index (χ0) is 30.8. The molecule has 3 N–H and O–H groups in total. The van der Waals surface area contributed by atoms with Crippen LogP contribution in [0.4, 0.5) is 26.3 Å². The summed E-state index contributed by atoms with van der Waals surface area (Å²) in [5.74, 6) is -4.13. The van der Waals surface area contributed by atoms with Gasteiger partial charge in [0, 0.05) is 46.7 Å². The lowest BCUT2D eigenvalue weighted by Crippen LogP contribution is -2.35. The highest BCUT2D eigenvalue weighted by atomic mass is 35.5. The van der Waals surface area contributed by atoms with Gasteiger partial charge in [0.15, 0.2) is 0 Å². The van der Waals surface area contributed by atoms with E-state index in [4.69, 9.17) is 43.8 Å². The van der Waals surface area contributed by atoms with Crippen LogP contribution in [-0.4, -0.2) is 45.1 Å². The Morgan fingerprint density at radius 3 is 2.54 bits per heavy atom. The Bertz CT molecular complexity index is 1080. The number of alkyl halides is 6. The predicted molar refractivity (Wildman–Crippen MR) is 145 cm³/mol. The van der Waals surface area contributed by atoms with Crippen molar-refractivity contribution in [2.75, 3.05) is 26.8 Å². The van der Waals surface area contributed by atoms with Crippen LogP contribution in [0, 0.1) is 40.9 Å². The molecule has 0 aromatic heterocycles. The summed E-state index contributed by atoms with van der Waals surface area (Å²) in [5, 5.41) is 16.9. The number of nitrogens with one attached hydrogen (secondary N) is 1. The van der Waals surface area contributed by atoms with Crippen LogP contribution >= 0.6 is 23.2 Å². The molecule has 2 aliphatic carbocycles. The molecule has 0 heterocycles. The van der Waals surface area contributed by atoms with E-state index in [0.29, 0.717) is 48.1 Å². The minimum atomic E-state index is -4.88. The smallest absolute Gasteiger partial charge is 0.412 e. The van der Waals surface area contributed by atoms with Crippen LogP contribution in [0.15, 0.2) is 50.8 Å². The predicted octanol–water partition coefficient (Wildman–Crippen LogP) is 7.29. The Balaban J connectivity index is 2.23. The van der Waals surface area contributed by atoms with Gasteiger partial charge in [-0.2, -0.15) is 31.6 Å². The van der Waals surface area contributed by atoms with Crippen molar-refractivity contribution in [3.8, 4) is 6.07 Å². The molecule has 0 saturated carbocycles. The molecule has 0 spiro atoms. The van der Waals surface area contributed by atoms with Crippen LogP contribution in [0.5, 0.6) is 0 Å². The van der Waals surface area contributed by atoms with E-state index in [2.05, 4.69) is 10.5 Å². The third kappa shape index (κ3) is 10.8. The Morgan fingerprint density at radius 2 is 1.98 bits per heavy atom. The van der Waals surface area contributed by atoms with E-state index < -0.39 is 55.1 Å². The number of hydrogen-bond acceptors (Lipinski definition) is 6. The van der Waals surface area contributed by atoms with Gasteiger partial charge >= 0.3 is 12.4 Å². The molecule has 2 aliphatic rings. The van der Waals surface area contributed by atoms with E-state index in [9.17, 15) is 26.3 Å². The first kappa shape index (κ1) is 34.8. The average molecular weight is 631 g/mol. The summed E-state index contributed by atoms with van der Waals surface area (Å²) in [7, 11) is 1.26. The number of rotatable bonds is 12. The largest absolute Gasteiger partial charge is 0.478 e. The van der Waals surface area contributed by atoms with Gasteiger partial charge in [0.1, 0.15) is 7.11 Å². The normalized spacial score (nSPS) is 24.0. The van der Waals surface area contributed by atoms with Crippen LogP contribution in [0.1, 0.15) is 39.0 Å². The molecule has 6 nitrogen and oxygen atoms in total. The number of allylic oxidation sites excluding steroid dienone is 6. The van der Waals surface area contributed by atoms with Crippen LogP contribution in [0.2, 0.25) is 0 Å². The highest BCUT2D eigenvalue weighted by Gasteiger charge is 2.48. The van der Waals surface area contributed by atoms with Gasteiger partial charge in [-0.15, -0.1) is 0 Å². The molecule has 0 fully saturated rings. The molecule has 2 rings (SSSR count). The van der Waals surface area contributed by atoms with Crippen molar-refractivity contribution < 1.29 is 35.9 Å². The summed E-state index contributed by atoms with van der Waals surface area (Å²) < 4.78 is 86.3. The summed E-state index contributed by atoms with van der Waals surface area (Å²) in [5.41, 5.74) is 5.18.